The van der Waals surface area contributed by atoms with Gasteiger partial charge in [0.1, 0.15) is 5.00 Å². The largest absolute Gasteiger partial charge is 0.322 e. The third kappa shape index (κ3) is 4.30. The maximum Gasteiger partial charge on any atom is 0.258 e. The number of aryl methyl sites for hydroxylation is 1. The lowest BCUT2D eigenvalue weighted by molar-refractivity contribution is -0.115. The molecule has 3 rings (SSSR count). The van der Waals surface area contributed by atoms with E-state index in [9.17, 15) is 9.59 Å². The summed E-state index contributed by atoms with van der Waals surface area (Å²) < 4.78 is 0. The van der Waals surface area contributed by atoms with Crippen LogP contribution in [0.1, 0.15) is 66.9 Å². The fourth-order valence-electron chi connectivity index (χ4n) is 3.77. The molecule has 5 heteroatoms. The average molecular weight is 399 g/mol. The fourth-order valence-corrected chi connectivity index (χ4v) is 5.11. The van der Waals surface area contributed by atoms with Crippen LogP contribution in [0.3, 0.4) is 0 Å². The van der Waals surface area contributed by atoms with Gasteiger partial charge in [0.25, 0.3) is 5.91 Å². The highest BCUT2D eigenvalue weighted by Crippen LogP contribution is 2.44. The van der Waals surface area contributed by atoms with Crippen LogP contribution in [0.15, 0.2) is 24.3 Å². The number of carbonyl (C=O) groups is 2. The molecule has 2 amide bonds. The molecule has 28 heavy (non-hydrogen) atoms. The first-order valence-electron chi connectivity index (χ1n) is 10.0. The molecule has 1 aromatic carbocycles. The molecule has 0 spiro atoms. The Morgan fingerprint density at radius 3 is 2.54 bits per heavy atom. The molecule has 1 unspecified atom stereocenters. The number of anilines is 2. The molecule has 4 nitrogen and oxygen atoms in total. The van der Waals surface area contributed by atoms with Crippen LogP contribution in [-0.4, -0.2) is 11.8 Å². The number of nitrogens with one attached hydrogen (secondary N) is 2. The minimum Gasteiger partial charge on any atom is -0.322 e. The van der Waals surface area contributed by atoms with E-state index < -0.39 is 0 Å². The van der Waals surface area contributed by atoms with Crippen molar-refractivity contribution < 1.29 is 9.59 Å². The first-order chi connectivity index (χ1) is 13.2. The third-order valence-corrected chi connectivity index (χ3v) is 6.85. The summed E-state index contributed by atoms with van der Waals surface area (Å²) in [6.07, 6.45) is 3.31. The van der Waals surface area contributed by atoms with Crippen molar-refractivity contribution in [3.63, 3.8) is 0 Å². The standard InChI is InChI=1S/C23H30N2O2S/c1-6-19(26)25-22-20(21(27)24-17-10-8-7-9-14(17)2)16-12-11-15(23(3,4)5)13-18(16)28-22/h7-10,15H,6,11-13H2,1-5H3,(H,24,27)(H,25,26). The van der Waals surface area contributed by atoms with E-state index in [-0.39, 0.29) is 17.2 Å². The first-order valence-corrected chi connectivity index (χ1v) is 10.8. The van der Waals surface area contributed by atoms with Crippen molar-refractivity contribution >= 4 is 33.8 Å². The molecule has 1 atom stereocenters. The van der Waals surface area contributed by atoms with Gasteiger partial charge in [-0.1, -0.05) is 45.9 Å². The van der Waals surface area contributed by atoms with E-state index in [1.54, 1.807) is 11.3 Å². The van der Waals surface area contributed by atoms with Gasteiger partial charge in [0, 0.05) is 17.0 Å². The molecule has 1 aliphatic carbocycles. The van der Waals surface area contributed by atoms with Crippen molar-refractivity contribution in [2.75, 3.05) is 10.6 Å². The summed E-state index contributed by atoms with van der Waals surface area (Å²) in [6, 6.07) is 7.76. The zero-order valence-electron chi connectivity index (χ0n) is 17.4. The number of carbonyl (C=O) groups excluding carboxylic acids is 2. The smallest absolute Gasteiger partial charge is 0.258 e. The zero-order valence-corrected chi connectivity index (χ0v) is 18.3. The van der Waals surface area contributed by atoms with Crippen molar-refractivity contribution in [2.24, 2.45) is 11.3 Å². The van der Waals surface area contributed by atoms with Crippen molar-refractivity contribution in [3.8, 4) is 0 Å². The molecule has 0 fully saturated rings. The van der Waals surface area contributed by atoms with Crippen LogP contribution in [0.2, 0.25) is 0 Å². The zero-order chi connectivity index (χ0) is 20.5. The van der Waals surface area contributed by atoms with E-state index in [2.05, 4.69) is 31.4 Å². The summed E-state index contributed by atoms with van der Waals surface area (Å²) >= 11 is 1.58. The summed E-state index contributed by atoms with van der Waals surface area (Å²) in [4.78, 5) is 26.5. The van der Waals surface area contributed by atoms with Gasteiger partial charge in [0.05, 0.1) is 5.56 Å². The van der Waals surface area contributed by atoms with Gasteiger partial charge in [-0.05, 0) is 54.7 Å². The molecule has 0 saturated carbocycles. The first kappa shape index (κ1) is 20.6. The Balaban J connectivity index is 1.97. The molecule has 2 aromatic rings. The number of fused-ring (bicyclic) bond motifs is 1. The molecule has 1 heterocycles. The van der Waals surface area contributed by atoms with Crippen LogP contribution in [0, 0.1) is 18.3 Å². The molecule has 0 radical (unpaired) electrons. The molecule has 1 aromatic heterocycles. The highest BCUT2D eigenvalue weighted by molar-refractivity contribution is 7.17. The second-order valence-corrected chi connectivity index (χ2v) is 9.79. The lowest BCUT2D eigenvalue weighted by Gasteiger charge is -2.33. The van der Waals surface area contributed by atoms with Crippen LogP contribution in [0.4, 0.5) is 10.7 Å². The van der Waals surface area contributed by atoms with E-state index in [0.717, 1.165) is 36.1 Å². The predicted molar refractivity (Wildman–Crippen MR) is 117 cm³/mol. The van der Waals surface area contributed by atoms with Gasteiger partial charge < -0.3 is 10.6 Å². The van der Waals surface area contributed by atoms with Crippen LogP contribution in [0.25, 0.3) is 0 Å². The third-order valence-electron chi connectivity index (χ3n) is 5.68. The van der Waals surface area contributed by atoms with E-state index >= 15 is 0 Å². The molecular weight excluding hydrogens is 368 g/mol. The van der Waals surface area contributed by atoms with E-state index in [0.29, 0.717) is 22.9 Å². The quantitative estimate of drug-likeness (QED) is 0.683. The number of hydrogen-bond acceptors (Lipinski definition) is 3. The van der Waals surface area contributed by atoms with E-state index in [1.807, 2.05) is 38.1 Å². The molecule has 150 valence electrons. The molecule has 0 saturated heterocycles. The number of benzene rings is 1. The summed E-state index contributed by atoms with van der Waals surface area (Å²) in [5.74, 6) is 0.393. The molecule has 1 aliphatic rings. The van der Waals surface area contributed by atoms with Crippen molar-refractivity contribution in [2.45, 2.75) is 60.3 Å². The maximum absolute atomic E-state index is 13.2. The lowest BCUT2D eigenvalue weighted by atomic mass is 9.72. The van der Waals surface area contributed by atoms with Crippen molar-refractivity contribution in [1.82, 2.24) is 0 Å². The molecular formula is C23H30N2O2S. The van der Waals surface area contributed by atoms with E-state index in [4.69, 9.17) is 0 Å². The van der Waals surface area contributed by atoms with E-state index in [1.165, 1.54) is 4.88 Å². The lowest BCUT2D eigenvalue weighted by Crippen LogP contribution is -2.27. The van der Waals surface area contributed by atoms with Gasteiger partial charge >= 0.3 is 0 Å². The monoisotopic (exact) mass is 398 g/mol. The SMILES string of the molecule is CCC(=O)Nc1sc2c(c1C(=O)Nc1ccccc1C)CCC(C(C)(C)C)C2. The van der Waals surface area contributed by atoms with Crippen LogP contribution in [-0.2, 0) is 17.6 Å². The summed E-state index contributed by atoms with van der Waals surface area (Å²) in [5, 5.41) is 6.72. The van der Waals surface area contributed by atoms with Gasteiger partial charge in [-0.25, -0.2) is 0 Å². The average Bonchev–Trinajstić information content (AvgIpc) is 2.99. The number of amides is 2. The highest BCUT2D eigenvalue weighted by Gasteiger charge is 2.34. The molecule has 2 N–H and O–H groups in total. The Kier molecular flexibility index (Phi) is 5.94. The number of rotatable bonds is 4. The Hall–Kier alpha value is -2.14. The predicted octanol–water partition coefficient (Wildman–Crippen LogP) is 5.81. The van der Waals surface area contributed by atoms with Crippen LogP contribution >= 0.6 is 11.3 Å². The minimum absolute atomic E-state index is 0.0593. The van der Waals surface area contributed by atoms with Gasteiger partial charge in [0.2, 0.25) is 5.91 Å². The highest BCUT2D eigenvalue weighted by atomic mass is 32.1. The Bertz CT molecular complexity index is 892. The number of thiophene rings is 1. The van der Waals surface area contributed by atoms with Crippen LogP contribution < -0.4 is 10.6 Å². The van der Waals surface area contributed by atoms with Crippen LogP contribution in [0.5, 0.6) is 0 Å². The van der Waals surface area contributed by atoms with Crippen molar-refractivity contribution in [1.29, 1.82) is 0 Å². The number of para-hydroxylation sites is 1. The van der Waals surface area contributed by atoms with Crippen molar-refractivity contribution in [3.05, 3.63) is 45.8 Å². The fraction of sp³-hybridized carbons (Fsp3) is 0.478. The Morgan fingerprint density at radius 1 is 1.18 bits per heavy atom. The maximum atomic E-state index is 13.2. The Labute approximate surface area is 171 Å². The Morgan fingerprint density at radius 2 is 1.89 bits per heavy atom. The normalized spacial score (nSPS) is 16.4. The van der Waals surface area contributed by atoms with Gasteiger partial charge in [-0.15, -0.1) is 11.3 Å². The topological polar surface area (TPSA) is 58.2 Å². The summed E-state index contributed by atoms with van der Waals surface area (Å²) in [6.45, 7) is 10.6. The summed E-state index contributed by atoms with van der Waals surface area (Å²) in [7, 11) is 0. The molecule has 0 bridgehead atoms. The minimum atomic E-state index is -0.132. The van der Waals surface area contributed by atoms with Gasteiger partial charge in [0.15, 0.2) is 0 Å². The molecule has 0 aliphatic heterocycles. The van der Waals surface area contributed by atoms with Gasteiger partial charge in [-0.2, -0.15) is 0 Å². The summed E-state index contributed by atoms with van der Waals surface area (Å²) in [5.41, 5.74) is 3.83. The second-order valence-electron chi connectivity index (χ2n) is 8.68. The van der Waals surface area contributed by atoms with Gasteiger partial charge in [-0.3, -0.25) is 9.59 Å². The number of hydrogen-bond donors (Lipinski definition) is 2. The second kappa shape index (κ2) is 8.08.